The Hall–Kier alpha value is -4.21. The van der Waals surface area contributed by atoms with E-state index in [0.29, 0.717) is 11.1 Å². The Morgan fingerprint density at radius 3 is 1.50 bits per heavy atom. The van der Waals surface area contributed by atoms with Gasteiger partial charge in [-0.05, 0) is 11.1 Å². The van der Waals surface area contributed by atoms with Crippen molar-refractivity contribution in [1.29, 1.82) is 0 Å². The standard InChI is InChI=1S/C24H27N3O7/c1-16(28)26(19(23(31)32)12-17-8-4-2-5-9-17)15-22(30)27(14-21(25)29)20(24(33)34)13-18-10-6-3-7-11-18/h2-11,19-20H,12-15H2,1H3,(H2,25,29)(H,31,32)(H,33,34)/t19-,20-/m0/s1. The van der Waals surface area contributed by atoms with Gasteiger partial charge in [-0.2, -0.15) is 0 Å². The lowest BCUT2D eigenvalue weighted by atomic mass is 10.0. The first-order valence-electron chi connectivity index (χ1n) is 10.5. The van der Waals surface area contributed by atoms with Gasteiger partial charge in [-0.25, -0.2) is 9.59 Å². The second-order valence-corrected chi connectivity index (χ2v) is 7.72. The van der Waals surface area contributed by atoms with Crippen molar-refractivity contribution in [2.75, 3.05) is 13.1 Å². The first-order valence-corrected chi connectivity index (χ1v) is 10.5. The van der Waals surface area contributed by atoms with E-state index < -0.39 is 54.8 Å². The molecule has 10 heteroatoms. The Balaban J connectivity index is 2.33. The number of aliphatic carboxylic acids is 2. The van der Waals surface area contributed by atoms with E-state index in [4.69, 9.17) is 5.73 Å². The molecule has 0 bridgehead atoms. The molecule has 3 amide bonds. The summed E-state index contributed by atoms with van der Waals surface area (Å²) in [5, 5.41) is 19.5. The highest BCUT2D eigenvalue weighted by Gasteiger charge is 2.35. The molecule has 2 rings (SSSR count). The van der Waals surface area contributed by atoms with Crippen molar-refractivity contribution >= 4 is 29.7 Å². The zero-order valence-electron chi connectivity index (χ0n) is 18.7. The lowest BCUT2D eigenvalue weighted by Crippen LogP contribution is -2.55. The Bertz CT molecular complexity index is 1030. The molecule has 10 nitrogen and oxygen atoms in total. The van der Waals surface area contributed by atoms with Gasteiger partial charge in [0.15, 0.2) is 0 Å². The van der Waals surface area contributed by atoms with Gasteiger partial charge >= 0.3 is 11.9 Å². The number of hydrogen-bond donors (Lipinski definition) is 3. The molecule has 0 spiro atoms. The number of nitrogens with two attached hydrogens (primary N) is 1. The summed E-state index contributed by atoms with van der Waals surface area (Å²) in [7, 11) is 0. The molecular weight excluding hydrogens is 442 g/mol. The van der Waals surface area contributed by atoms with Crippen molar-refractivity contribution in [1.82, 2.24) is 9.80 Å². The van der Waals surface area contributed by atoms with E-state index in [0.717, 1.165) is 16.7 Å². The number of nitrogens with zero attached hydrogens (tertiary/aromatic N) is 2. The number of rotatable bonds is 12. The van der Waals surface area contributed by atoms with Crippen LogP contribution in [0.15, 0.2) is 60.7 Å². The third kappa shape index (κ3) is 7.44. The SMILES string of the molecule is CC(=O)N(CC(=O)N(CC(N)=O)[C@@H](Cc1ccccc1)C(=O)O)[C@@H](Cc1ccccc1)C(=O)O. The first-order chi connectivity index (χ1) is 16.1. The Labute approximate surface area is 196 Å². The Morgan fingerprint density at radius 2 is 1.15 bits per heavy atom. The minimum Gasteiger partial charge on any atom is -0.480 e. The van der Waals surface area contributed by atoms with Gasteiger partial charge in [0.2, 0.25) is 17.7 Å². The molecule has 0 fully saturated rings. The molecular formula is C24H27N3O7. The summed E-state index contributed by atoms with van der Waals surface area (Å²) in [6.07, 6.45) is -0.174. The van der Waals surface area contributed by atoms with E-state index in [1.807, 2.05) is 0 Å². The summed E-state index contributed by atoms with van der Waals surface area (Å²) in [4.78, 5) is 62.8. The van der Waals surface area contributed by atoms with E-state index in [1.54, 1.807) is 60.7 Å². The number of primary amides is 1. The van der Waals surface area contributed by atoms with E-state index in [2.05, 4.69) is 0 Å². The molecule has 0 saturated carbocycles. The van der Waals surface area contributed by atoms with Crippen molar-refractivity contribution in [3.63, 3.8) is 0 Å². The van der Waals surface area contributed by atoms with Crippen molar-refractivity contribution in [2.45, 2.75) is 31.8 Å². The Kier molecular flexibility index (Phi) is 9.30. The normalized spacial score (nSPS) is 12.3. The van der Waals surface area contributed by atoms with Crippen LogP contribution in [0.3, 0.4) is 0 Å². The molecule has 2 atom stereocenters. The fraction of sp³-hybridized carbons (Fsp3) is 0.292. The number of hydrogen-bond acceptors (Lipinski definition) is 5. The van der Waals surface area contributed by atoms with Crippen LogP contribution in [0.25, 0.3) is 0 Å². The van der Waals surface area contributed by atoms with Gasteiger partial charge < -0.3 is 25.7 Å². The largest absolute Gasteiger partial charge is 0.480 e. The fourth-order valence-corrected chi connectivity index (χ4v) is 3.55. The predicted octanol–water partition coefficient (Wildman–Crippen LogP) is 0.541. The summed E-state index contributed by atoms with van der Waals surface area (Å²) in [5.41, 5.74) is 6.50. The Morgan fingerprint density at radius 1 is 0.735 bits per heavy atom. The minimum atomic E-state index is -1.45. The molecule has 0 unspecified atom stereocenters. The van der Waals surface area contributed by atoms with Crippen LogP contribution in [0.4, 0.5) is 0 Å². The summed E-state index contributed by atoms with van der Waals surface area (Å²) in [6.45, 7) is -0.318. The topological polar surface area (TPSA) is 158 Å². The monoisotopic (exact) mass is 469 g/mol. The van der Waals surface area contributed by atoms with Crippen molar-refractivity contribution in [3.05, 3.63) is 71.8 Å². The maximum Gasteiger partial charge on any atom is 0.326 e. The van der Waals surface area contributed by atoms with Crippen LogP contribution in [0.2, 0.25) is 0 Å². The zero-order chi connectivity index (χ0) is 25.3. The van der Waals surface area contributed by atoms with Crippen LogP contribution in [-0.2, 0) is 36.8 Å². The third-order valence-electron chi connectivity index (χ3n) is 5.22. The van der Waals surface area contributed by atoms with Crippen LogP contribution in [0.5, 0.6) is 0 Å². The highest BCUT2D eigenvalue weighted by Crippen LogP contribution is 2.14. The number of benzene rings is 2. The molecule has 2 aromatic carbocycles. The van der Waals surface area contributed by atoms with E-state index in [-0.39, 0.29) is 12.8 Å². The van der Waals surface area contributed by atoms with Crippen LogP contribution in [0, 0.1) is 0 Å². The molecule has 4 N–H and O–H groups in total. The van der Waals surface area contributed by atoms with Gasteiger partial charge in [-0.3, -0.25) is 14.4 Å². The molecule has 0 aliphatic heterocycles. The number of carbonyl (C=O) groups excluding carboxylic acids is 3. The summed E-state index contributed by atoms with van der Waals surface area (Å²) < 4.78 is 0. The molecule has 0 saturated heterocycles. The molecule has 0 radical (unpaired) electrons. The van der Waals surface area contributed by atoms with Gasteiger partial charge in [-0.15, -0.1) is 0 Å². The van der Waals surface area contributed by atoms with Crippen molar-refractivity contribution in [3.8, 4) is 0 Å². The number of amides is 3. The highest BCUT2D eigenvalue weighted by atomic mass is 16.4. The average Bonchev–Trinajstić information content (AvgIpc) is 2.79. The second-order valence-electron chi connectivity index (χ2n) is 7.72. The smallest absolute Gasteiger partial charge is 0.326 e. The second kappa shape index (κ2) is 12.1. The molecule has 0 aromatic heterocycles. The minimum absolute atomic E-state index is 0.0643. The predicted molar refractivity (Wildman–Crippen MR) is 121 cm³/mol. The molecule has 2 aromatic rings. The van der Waals surface area contributed by atoms with Crippen LogP contribution in [0.1, 0.15) is 18.1 Å². The lowest BCUT2D eigenvalue weighted by Gasteiger charge is -2.33. The maximum atomic E-state index is 13.2. The first kappa shape index (κ1) is 26.0. The summed E-state index contributed by atoms with van der Waals surface area (Å²) in [6, 6.07) is 14.2. The van der Waals surface area contributed by atoms with Gasteiger partial charge in [0, 0.05) is 19.8 Å². The van der Waals surface area contributed by atoms with Gasteiger partial charge in [0.1, 0.15) is 25.2 Å². The van der Waals surface area contributed by atoms with Gasteiger partial charge in [-0.1, -0.05) is 60.7 Å². The molecule has 0 aliphatic rings. The molecule has 0 aliphatic carbocycles. The number of carbonyl (C=O) groups is 5. The van der Waals surface area contributed by atoms with Crippen LogP contribution in [-0.4, -0.2) is 74.8 Å². The molecule has 0 heterocycles. The van der Waals surface area contributed by atoms with Gasteiger partial charge in [0.05, 0.1) is 0 Å². The van der Waals surface area contributed by atoms with E-state index in [1.165, 1.54) is 0 Å². The van der Waals surface area contributed by atoms with Gasteiger partial charge in [0.25, 0.3) is 0 Å². The third-order valence-corrected chi connectivity index (χ3v) is 5.22. The average molecular weight is 469 g/mol. The van der Waals surface area contributed by atoms with Crippen molar-refractivity contribution < 1.29 is 34.2 Å². The zero-order valence-corrected chi connectivity index (χ0v) is 18.7. The maximum absolute atomic E-state index is 13.2. The van der Waals surface area contributed by atoms with E-state index in [9.17, 15) is 34.2 Å². The molecule has 180 valence electrons. The van der Waals surface area contributed by atoms with Crippen LogP contribution >= 0.6 is 0 Å². The highest BCUT2D eigenvalue weighted by molar-refractivity contribution is 5.92. The van der Waals surface area contributed by atoms with E-state index >= 15 is 0 Å². The molecule has 34 heavy (non-hydrogen) atoms. The van der Waals surface area contributed by atoms with Crippen LogP contribution < -0.4 is 5.73 Å². The lowest BCUT2D eigenvalue weighted by molar-refractivity contribution is -0.156. The summed E-state index contributed by atoms with van der Waals surface area (Å²) in [5.74, 6) is -5.23. The fourth-order valence-electron chi connectivity index (χ4n) is 3.55. The summed E-state index contributed by atoms with van der Waals surface area (Å²) >= 11 is 0. The number of carboxylic acid groups (broad SMARTS) is 2. The number of carboxylic acids is 2. The van der Waals surface area contributed by atoms with Crippen molar-refractivity contribution in [2.24, 2.45) is 5.73 Å². The quantitative estimate of drug-likeness (QED) is 0.409.